The van der Waals surface area contributed by atoms with Crippen LogP contribution in [-0.2, 0) is 13.1 Å². The van der Waals surface area contributed by atoms with Gasteiger partial charge in [-0.05, 0) is 34.0 Å². The summed E-state index contributed by atoms with van der Waals surface area (Å²) in [6, 6.07) is 0. The van der Waals surface area contributed by atoms with Gasteiger partial charge in [0.15, 0.2) is 0 Å². The van der Waals surface area contributed by atoms with Crippen LogP contribution in [0.4, 0.5) is 0 Å². The summed E-state index contributed by atoms with van der Waals surface area (Å²) in [7, 11) is 6.12. The molecular formula is C11H21N5. The van der Waals surface area contributed by atoms with Crippen molar-refractivity contribution in [2.75, 3.05) is 27.7 Å². The Morgan fingerprint density at radius 3 is 2.75 bits per heavy atom. The number of hydrogen-bond donors (Lipinski definition) is 1. The fraction of sp³-hybridized carbons (Fsp3) is 0.818. The van der Waals surface area contributed by atoms with Gasteiger partial charge in [0.1, 0.15) is 0 Å². The number of hydrogen-bond acceptors (Lipinski definition) is 4. The third-order valence-corrected chi connectivity index (χ3v) is 2.91. The highest BCUT2D eigenvalue weighted by Crippen LogP contribution is 2.41. The first-order valence-corrected chi connectivity index (χ1v) is 5.94. The lowest BCUT2D eigenvalue weighted by atomic mass is 10.2. The second-order valence-corrected chi connectivity index (χ2v) is 4.75. The summed E-state index contributed by atoms with van der Waals surface area (Å²) in [5.41, 5.74) is 2.49. The van der Waals surface area contributed by atoms with Gasteiger partial charge >= 0.3 is 0 Å². The van der Waals surface area contributed by atoms with E-state index in [1.807, 2.05) is 7.05 Å². The Labute approximate surface area is 96.8 Å². The molecule has 0 radical (unpaired) electrons. The highest BCUT2D eigenvalue weighted by Gasteiger charge is 2.30. The van der Waals surface area contributed by atoms with Crippen molar-refractivity contribution in [2.24, 2.45) is 0 Å². The summed E-state index contributed by atoms with van der Waals surface area (Å²) in [6.45, 7) is 2.78. The Balaban J connectivity index is 2.10. The Morgan fingerprint density at radius 2 is 2.19 bits per heavy atom. The van der Waals surface area contributed by atoms with E-state index in [0.717, 1.165) is 25.3 Å². The average Bonchev–Trinajstić information content (AvgIpc) is 2.99. The summed E-state index contributed by atoms with van der Waals surface area (Å²) >= 11 is 0. The fourth-order valence-corrected chi connectivity index (χ4v) is 1.91. The first kappa shape index (κ1) is 11.5. The van der Waals surface area contributed by atoms with E-state index in [1.54, 1.807) is 0 Å². The first-order valence-electron chi connectivity index (χ1n) is 5.94. The lowest BCUT2D eigenvalue weighted by Crippen LogP contribution is -2.20. The molecule has 0 unspecified atom stereocenters. The van der Waals surface area contributed by atoms with E-state index in [0.29, 0.717) is 5.92 Å². The van der Waals surface area contributed by atoms with Crippen LogP contribution in [0.1, 0.15) is 30.1 Å². The Kier molecular flexibility index (Phi) is 3.56. The van der Waals surface area contributed by atoms with E-state index in [1.165, 1.54) is 18.5 Å². The molecule has 1 aliphatic carbocycles. The van der Waals surface area contributed by atoms with Crippen molar-refractivity contribution >= 4 is 0 Å². The predicted molar refractivity (Wildman–Crippen MR) is 63.3 cm³/mol. The SMILES string of the molecule is CNCc1nnn(CCN(C)C)c1C1CC1. The lowest BCUT2D eigenvalue weighted by molar-refractivity contribution is 0.366. The van der Waals surface area contributed by atoms with Crippen LogP contribution in [0.2, 0.25) is 0 Å². The molecule has 5 nitrogen and oxygen atoms in total. The van der Waals surface area contributed by atoms with Gasteiger partial charge in [0.2, 0.25) is 0 Å². The third kappa shape index (κ3) is 2.59. The maximum atomic E-state index is 4.28. The van der Waals surface area contributed by atoms with Crippen molar-refractivity contribution in [3.8, 4) is 0 Å². The molecule has 2 rings (SSSR count). The molecule has 90 valence electrons. The highest BCUT2D eigenvalue weighted by molar-refractivity contribution is 5.20. The molecule has 0 amide bonds. The molecule has 1 aliphatic rings. The van der Waals surface area contributed by atoms with Crippen LogP contribution in [0.25, 0.3) is 0 Å². The Bertz CT molecular complexity index is 340. The van der Waals surface area contributed by atoms with Crippen molar-refractivity contribution in [3.05, 3.63) is 11.4 Å². The molecule has 1 fully saturated rings. The molecule has 0 aliphatic heterocycles. The van der Waals surface area contributed by atoms with Gasteiger partial charge in [-0.25, -0.2) is 4.68 Å². The smallest absolute Gasteiger partial charge is 0.0999 e. The maximum absolute atomic E-state index is 4.28. The zero-order valence-electron chi connectivity index (χ0n) is 10.4. The van der Waals surface area contributed by atoms with E-state index < -0.39 is 0 Å². The topological polar surface area (TPSA) is 46.0 Å². The largest absolute Gasteiger partial charge is 0.314 e. The summed E-state index contributed by atoms with van der Waals surface area (Å²) in [6.07, 6.45) is 2.60. The van der Waals surface area contributed by atoms with Crippen LogP contribution in [-0.4, -0.2) is 47.6 Å². The molecule has 1 saturated carbocycles. The van der Waals surface area contributed by atoms with E-state index >= 15 is 0 Å². The van der Waals surface area contributed by atoms with Crippen molar-refractivity contribution in [1.29, 1.82) is 0 Å². The minimum absolute atomic E-state index is 0.709. The van der Waals surface area contributed by atoms with Crippen molar-refractivity contribution in [2.45, 2.75) is 31.8 Å². The zero-order valence-corrected chi connectivity index (χ0v) is 10.4. The molecule has 1 N–H and O–H groups in total. The lowest BCUT2D eigenvalue weighted by Gasteiger charge is -2.11. The fourth-order valence-electron chi connectivity index (χ4n) is 1.91. The van der Waals surface area contributed by atoms with Gasteiger partial charge in [-0.1, -0.05) is 5.21 Å². The Morgan fingerprint density at radius 1 is 1.44 bits per heavy atom. The number of aromatic nitrogens is 3. The van der Waals surface area contributed by atoms with Gasteiger partial charge in [0, 0.05) is 19.0 Å². The molecule has 1 aromatic heterocycles. The van der Waals surface area contributed by atoms with Gasteiger partial charge in [0.05, 0.1) is 17.9 Å². The molecule has 0 atom stereocenters. The van der Waals surface area contributed by atoms with Gasteiger partial charge in [-0.15, -0.1) is 5.10 Å². The normalized spacial score (nSPS) is 16.0. The molecule has 0 aromatic carbocycles. The van der Waals surface area contributed by atoms with Gasteiger partial charge in [-0.2, -0.15) is 0 Å². The molecular weight excluding hydrogens is 202 g/mol. The molecule has 5 heteroatoms. The van der Waals surface area contributed by atoms with Gasteiger partial charge < -0.3 is 10.2 Å². The number of rotatable bonds is 6. The van der Waals surface area contributed by atoms with E-state index in [-0.39, 0.29) is 0 Å². The average molecular weight is 223 g/mol. The number of nitrogens with one attached hydrogen (secondary N) is 1. The van der Waals surface area contributed by atoms with Crippen molar-refractivity contribution in [1.82, 2.24) is 25.2 Å². The molecule has 16 heavy (non-hydrogen) atoms. The van der Waals surface area contributed by atoms with E-state index in [9.17, 15) is 0 Å². The van der Waals surface area contributed by atoms with Gasteiger partial charge in [-0.3, -0.25) is 0 Å². The quantitative estimate of drug-likeness (QED) is 0.760. The third-order valence-electron chi connectivity index (χ3n) is 2.91. The number of nitrogens with zero attached hydrogens (tertiary/aromatic N) is 4. The molecule has 0 spiro atoms. The van der Waals surface area contributed by atoms with Gasteiger partial charge in [0.25, 0.3) is 0 Å². The summed E-state index contributed by atoms with van der Waals surface area (Å²) in [5.74, 6) is 0.709. The number of likely N-dealkylation sites (N-methyl/N-ethyl adjacent to an activating group) is 1. The first-order chi connectivity index (χ1) is 7.72. The molecule has 1 heterocycles. The van der Waals surface area contributed by atoms with Crippen molar-refractivity contribution in [3.63, 3.8) is 0 Å². The molecule has 0 bridgehead atoms. The Hall–Kier alpha value is -0.940. The van der Waals surface area contributed by atoms with Crippen LogP contribution >= 0.6 is 0 Å². The summed E-state index contributed by atoms with van der Waals surface area (Å²) in [5, 5.41) is 11.7. The van der Waals surface area contributed by atoms with Crippen LogP contribution in [0.3, 0.4) is 0 Å². The maximum Gasteiger partial charge on any atom is 0.0999 e. The monoisotopic (exact) mass is 223 g/mol. The molecule has 1 aromatic rings. The predicted octanol–water partition coefficient (Wildman–Crippen LogP) is 0.436. The standard InChI is InChI=1S/C11H21N5/c1-12-8-10-11(9-4-5-9)16(14-13-10)7-6-15(2)3/h9,12H,4-8H2,1-3H3. The van der Waals surface area contributed by atoms with Crippen LogP contribution in [0.5, 0.6) is 0 Å². The summed E-state index contributed by atoms with van der Waals surface area (Å²) < 4.78 is 2.09. The highest BCUT2D eigenvalue weighted by atomic mass is 15.4. The van der Waals surface area contributed by atoms with E-state index in [4.69, 9.17) is 0 Å². The second-order valence-electron chi connectivity index (χ2n) is 4.75. The van der Waals surface area contributed by atoms with Crippen molar-refractivity contribution < 1.29 is 0 Å². The minimum atomic E-state index is 0.709. The zero-order chi connectivity index (χ0) is 11.5. The van der Waals surface area contributed by atoms with Crippen LogP contribution in [0, 0.1) is 0 Å². The van der Waals surface area contributed by atoms with Crippen LogP contribution in [0.15, 0.2) is 0 Å². The van der Waals surface area contributed by atoms with Crippen LogP contribution < -0.4 is 5.32 Å². The minimum Gasteiger partial charge on any atom is -0.314 e. The molecule has 0 saturated heterocycles. The second kappa shape index (κ2) is 4.93. The summed E-state index contributed by atoms with van der Waals surface area (Å²) in [4.78, 5) is 2.18. The van der Waals surface area contributed by atoms with E-state index in [2.05, 4.69) is 39.3 Å².